The predicted molar refractivity (Wildman–Crippen MR) is 68.2 cm³/mol. The summed E-state index contributed by atoms with van der Waals surface area (Å²) in [7, 11) is 0. The Hall–Kier alpha value is -1.03. The molecule has 1 aliphatic rings. The Balaban J connectivity index is 1.99. The minimum Gasteiger partial charge on any atom is -0.423 e. The number of para-hydroxylation sites is 2. The van der Waals surface area contributed by atoms with E-state index in [0.717, 1.165) is 29.0 Å². The monoisotopic (exact) mass is 280 g/mol. The molecule has 2 aromatic rings. The van der Waals surface area contributed by atoms with Gasteiger partial charge >= 0.3 is 0 Å². The molecule has 1 saturated heterocycles. The SMILES string of the molecule is BrCC1CCCN1c1nc2ccccc2o1. The summed E-state index contributed by atoms with van der Waals surface area (Å²) < 4.78 is 5.78. The van der Waals surface area contributed by atoms with Crippen molar-refractivity contribution in [2.75, 3.05) is 16.8 Å². The molecule has 4 heteroatoms. The Bertz CT molecular complexity index is 463. The predicted octanol–water partition coefficient (Wildman–Crippen LogP) is 3.19. The van der Waals surface area contributed by atoms with Crippen LogP contribution in [0.2, 0.25) is 0 Å². The van der Waals surface area contributed by atoms with Crippen molar-refractivity contribution in [3.05, 3.63) is 24.3 Å². The van der Waals surface area contributed by atoms with Gasteiger partial charge in [-0.1, -0.05) is 28.1 Å². The largest absolute Gasteiger partial charge is 0.423 e. The lowest BCUT2D eigenvalue weighted by Gasteiger charge is -2.20. The summed E-state index contributed by atoms with van der Waals surface area (Å²) >= 11 is 3.55. The van der Waals surface area contributed by atoms with Crippen molar-refractivity contribution < 1.29 is 4.42 Å². The molecule has 1 aromatic carbocycles. The summed E-state index contributed by atoms with van der Waals surface area (Å²) in [6.07, 6.45) is 2.43. The highest BCUT2D eigenvalue weighted by molar-refractivity contribution is 9.09. The molecule has 0 amide bonds. The molecule has 3 rings (SSSR count). The van der Waals surface area contributed by atoms with E-state index < -0.39 is 0 Å². The maximum Gasteiger partial charge on any atom is 0.298 e. The fourth-order valence-electron chi connectivity index (χ4n) is 2.23. The van der Waals surface area contributed by atoms with Gasteiger partial charge in [-0.05, 0) is 25.0 Å². The van der Waals surface area contributed by atoms with Gasteiger partial charge in [0.2, 0.25) is 0 Å². The molecule has 0 N–H and O–H groups in total. The fourth-order valence-corrected chi connectivity index (χ4v) is 2.90. The molecule has 16 heavy (non-hydrogen) atoms. The van der Waals surface area contributed by atoms with Crippen LogP contribution in [0.25, 0.3) is 11.1 Å². The van der Waals surface area contributed by atoms with E-state index in [0.29, 0.717) is 6.04 Å². The molecule has 1 aliphatic heterocycles. The first-order valence-electron chi connectivity index (χ1n) is 5.56. The molecular weight excluding hydrogens is 268 g/mol. The molecule has 0 saturated carbocycles. The topological polar surface area (TPSA) is 29.3 Å². The van der Waals surface area contributed by atoms with Crippen molar-refractivity contribution >= 4 is 33.0 Å². The summed E-state index contributed by atoms with van der Waals surface area (Å²) in [5, 5.41) is 0.978. The Labute approximate surface area is 103 Å². The average molecular weight is 281 g/mol. The van der Waals surface area contributed by atoms with Crippen LogP contribution in [-0.2, 0) is 0 Å². The Morgan fingerprint density at radius 2 is 2.31 bits per heavy atom. The lowest BCUT2D eigenvalue weighted by molar-refractivity contribution is 0.564. The van der Waals surface area contributed by atoms with E-state index in [1.807, 2.05) is 24.3 Å². The molecule has 1 unspecified atom stereocenters. The van der Waals surface area contributed by atoms with E-state index in [-0.39, 0.29) is 0 Å². The molecule has 0 aliphatic carbocycles. The van der Waals surface area contributed by atoms with Gasteiger partial charge < -0.3 is 9.32 Å². The second kappa shape index (κ2) is 4.09. The van der Waals surface area contributed by atoms with E-state index in [4.69, 9.17) is 4.42 Å². The lowest BCUT2D eigenvalue weighted by atomic mass is 10.2. The zero-order valence-electron chi connectivity index (χ0n) is 8.90. The van der Waals surface area contributed by atoms with Crippen LogP contribution in [0, 0.1) is 0 Å². The van der Waals surface area contributed by atoms with Gasteiger partial charge in [0.15, 0.2) is 5.58 Å². The first-order valence-corrected chi connectivity index (χ1v) is 6.69. The number of halogens is 1. The zero-order chi connectivity index (χ0) is 11.0. The van der Waals surface area contributed by atoms with Gasteiger partial charge in [0.05, 0.1) is 0 Å². The fraction of sp³-hybridized carbons (Fsp3) is 0.417. The molecular formula is C12H13BrN2O. The normalized spacial score (nSPS) is 20.8. The number of oxazole rings is 1. The van der Waals surface area contributed by atoms with Crippen molar-refractivity contribution in [2.45, 2.75) is 18.9 Å². The van der Waals surface area contributed by atoms with Crippen molar-refractivity contribution in [1.29, 1.82) is 0 Å². The number of alkyl halides is 1. The quantitative estimate of drug-likeness (QED) is 0.792. The Kier molecular flexibility index (Phi) is 2.59. The zero-order valence-corrected chi connectivity index (χ0v) is 10.5. The molecule has 2 heterocycles. The minimum atomic E-state index is 0.521. The van der Waals surface area contributed by atoms with Gasteiger partial charge in [0.25, 0.3) is 6.01 Å². The summed E-state index contributed by atoms with van der Waals surface area (Å²) in [6.45, 7) is 1.04. The number of fused-ring (bicyclic) bond motifs is 1. The van der Waals surface area contributed by atoms with Gasteiger partial charge in [-0.15, -0.1) is 0 Å². The van der Waals surface area contributed by atoms with Gasteiger partial charge in [0, 0.05) is 17.9 Å². The number of rotatable bonds is 2. The van der Waals surface area contributed by atoms with Crippen molar-refractivity contribution in [2.24, 2.45) is 0 Å². The highest BCUT2D eigenvalue weighted by Crippen LogP contribution is 2.28. The summed E-state index contributed by atoms with van der Waals surface area (Å²) in [6, 6.07) is 9.20. The Morgan fingerprint density at radius 1 is 1.44 bits per heavy atom. The molecule has 0 spiro atoms. The molecule has 3 nitrogen and oxygen atoms in total. The first kappa shape index (κ1) is 10.1. The number of nitrogens with zero attached hydrogens (tertiary/aromatic N) is 2. The summed E-state index contributed by atoms with van der Waals surface area (Å²) in [4.78, 5) is 6.79. The summed E-state index contributed by atoms with van der Waals surface area (Å²) in [5.41, 5.74) is 1.82. The smallest absolute Gasteiger partial charge is 0.298 e. The van der Waals surface area contributed by atoms with Crippen molar-refractivity contribution in [3.8, 4) is 0 Å². The second-order valence-electron chi connectivity index (χ2n) is 4.11. The number of benzene rings is 1. The van der Waals surface area contributed by atoms with Crippen LogP contribution in [0.5, 0.6) is 0 Å². The number of anilines is 1. The molecule has 1 aromatic heterocycles. The first-order chi connectivity index (χ1) is 7.88. The molecule has 84 valence electrons. The highest BCUT2D eigenvalue weighted by Gasteiger charge is 2.27. The third kappa shape index (κ3) is 1.61. The van der Waals surface area contributed by atoms with E-state index in [2.05, 4.69) is 25.8 Å². The van der Waals surface area contributed by atoms with Gasteiger partial charge in [-0.25, -0.2) is 0 Å². The molecule has 1 atom stereocenters. The summed E-state index contributed by atoms with van der Waals surface area (Å²) in [5.74, 6) is 0. The van der Waals surface area contributed by atoms with Crippen molar-refractivity contribution in [1.82, 2.24) is 4.98 Å². The highest BCUT2D eigenvalue weighted by atomic mass is 79.9. The average Bonchev–Trinajstić information content (AvgIpc) is 2.94. The van der Waals surface area contributed by atoms with Crippen LogP contribution < -0.4 is 4.90 Å². The van der Waals surface area contributed by atoms with E-state index in [1.54, 1.807) is 0 Å². The van der Waals surface area contributed by atoms with Gasteiger partial charge in [-0.2, -0.15) is 4.98 Å². The third-order valence-electron chi connectivity index (χ3n) is 3.08. The molecule has 0 radical (unpaired) electrons. The third-order valence-corrected chi connectivity index (χ3v) is 3.83. The van der Waals surface area contributed by atoms with Crippen LogP contribution in [0.4, 0.5) is 6.01 Å². The lowest BCUT2D eigenvalue weighted by Crippen LogP contribution is -2.30. The van der Waals surface area contributed by atoms with Crippen LogP contribution in [0.15, 0.2) is 28.7 Å². The van der Waals surface area contributed by atoms with Crippen LogP contribution in [0.1, 0.15) is 12.8 Å². The van der Waals surface area contributed by atoms with Crippen molar-refractivity contribution in [3.63, 3.8) is 0 Å². The Morgan fingerprint density at radius 3 is 3.12 bits per heavy atom. The minimum absolute atomic E-state index is 0.521. The van der Waals surface area contributed by atoms with E-state index in [1.165, 1.54) is 12.8 Å². The number of hydrogen-bond donors (Lipinski definition) is 0. The number of aromatic nitrogens is 1. The standard InChI is InChI=1S/C12H13BrN2O/c13-8-9-4-3-7-15(9)12-14-10-5-1-2-6-11(10)16-12/h1-2,5-6,9H,3-4,7-8H2. The maximum atomic E-state index is 5.78. The molecule has 1 fully saturated rings. The van der Waals surface area contributed by atoms with Crippen LogP contribution >= 0.6 is 15.9 Å². The van der Waals surface area contributed by atoms with E-state index >= 15 is 0 Å². The maximum absolute atomic E-state index is 5.78. The second-order valence-corrected chi connectivity index (χ2v) is 4.76. The van der Waals surface area contributed by atoms with Crippen LogP contribution in [0.3, 0.4) is 0 Å². The van der Waals surface area contributed by atoms with Gasteiger partial charge in [0.1, 0.15) is 5.52 Å². The van der Waals surface area contributed by atoms with Crippen LogP contribution in [-0.4, -0.2) is 22.9 Å². The van der Waals surface area contributed by atoms with Gasteiger partial charge in [-0.3, -0.25) is 0 Å². The van der Waals surface area contributed by atoms with E-state index in [9.17, 15) is 0 Å². The molecule has 0 bridgehead atoms. The number of hydrogen-bond acceptors (Lipinski definition) is 3.